The molecule has 0 N–H and O–H groups in total. The molecule has 0 fully saturated rings. The Morgan fingerprint density at radius 1 is 0.281 bits per heavy atom. The van der Waals surface area contributed by atoms with Gasteiger partial charge >= 0.3 is 0 Å². The second kappa shape index (κ2) is 12.7. The fraction of sp³-hybridized carbons (Fsp3) is 0. The molecule has 3 heteroatoms. The van der Waals surface area contributed by atoms with Crippen LogP contribution in [0.3, 0.4) is 0 Å². The topological polar surface area (TPSA) is 9.86 Å². The zero-order valence-electron chi connectivity index (χ0n) is 30.9. The summed E-state index contributed by atoms with van der Waals surface area (Å²) < 4.78 is 7.55. The molecule has 0 spiro atoms. The molecule has 0 saturated carbocycles. The first-order chi connectivity index (χ1) is 28.3. The van der Waals surface area contributed by atoms with Crippen molar-refractivity contribution < 1.29 is 0 Å². The molecule has 0 radical (unpaired) electrons. The Morgan fingerprint density at radius 2 is 0.719 bits per heavy atom. The smallest absolute Gasteiger partial charge is 0.0548 e. The molecule has 0 aliphatic carbocycles. The molecule has 12 aromatic rings. The van der Waals surface area contributed by atoms with Crippen LogP contribution in [0.15, 0.2) is 206 Å². The Balaban J connectivity index is 0.982. The molecule has 0 saturated heterocycles. The van der Waals surface area contributed by atoms with Crippen molar-refractivity contribution in [2.24, 2.45) is 0 Å². The third-order valence-corrected chi connectivity index (χ3v) is 13.0. The number of thiophene rings is 1. The van der Waals surface area contributed by atoms with Gasteiger partial charge in [-0.1, -0.05) is 152 Å². The van der Waals surface area contributed by atoms with Gasteiger partial charge in [0.05, 0.1) is 22.1 Å². The Bertz CT molecular complexity index is 3470. The average molecular weight is 743 g/mol. The van der Waals surface area contributed by atoms with Gasteiger partial charge in [-0.15, -0.1) is 11.3 Å². The van der Waals surface area contributed by atoms with E-state index in [-0.39, 0.29) is 0 Å². The van der Waals surface area contributed by atoms with Crippen LogP contribution in [0.1, 0.15) is 0 Å². The van der Waals surface area contributed by atoms with E-state index in [1.54, 1.807) is 0 Å². The summed E-state index contributed by atoms with van der Waals surface area (Å²) in [6, 6.07) is 75.5. The number of fused-ring (bicyclic) bond motifs is 10. The normalized spacial score (nSPS) is 11.9. The van der Waals surface area contributed by atoms with Crippen LogP contribution in [0.5, 0.6) is 0 Å². The largest absolute Gasteiger partial charge is 0.309 e. The monoisotopic (exact) mass is 742 g/mol. The van der Waals surface area contributed by atoms with Crippen molar-refractivity contribution in [3.05, 3.63) is 206 Å². The van der Waals surface area contributed by atoms with E-state index in [1.807, 2.05) is 11.3 Å². The van der Waals surface area contributed by atoms with Crippen LogP contribution in [0.2, 0.25) is 0 Å². The maximum atomic E-state index is 2.44. The number of nitrogens with zero attached hydrogens (tertiary/aromatic N) is 2. The lowest BCUT2D eigenvalue weighted by Crippen LogP contribution is -1.95. The summed E-state index contributed by atoms with van der Waals surface area (Å²) in [5.41, 5.74) is 14.5. The van der Waals surface area contributed by atoms with E-state index in [0.29, 0.717) is 0 Å². The molecule has 0 amide bonds. The van der Waals surface area contributed by atoms with Gasteiger partial charge in [0.15, 0.2) is 0 Å². The fourth-order valence-corrected chi connectivity index (χ4v) is 10.4. The second-order valence-corrected chi connectivity index (χ2v) is 15.9. The first-order valence-electron chi connectivity index (χ1n) is 19.5. The Morgan fingerprint density at radius 3 is 1.30 bits per heavy atom. The van der Waals surface area contributed by atoms with Gasteiger partial charge in [-0.05, 0) is 88.0 Å². The highest BCUT2D eigenvalue weighted by Crippen LogP contribution is 2.44. The maximum Gasteiger partial charge on any atom is 0.0548 e. The maximum absolute atomic E-state index is 2.44. The summed E-state index contributed by atoms with van der Waals surface area (Å²) in [4.78, 5) is 0. The minimum Gasteiger partial charge on any atom is -0.309 e. The molecule has 0 unspecified atom stereocenters. The van der Waals surface area contributed by atoms with E-state index in [0.717, 1.165) is 11.4 Å². The zero-order chi connectivity index (χ0) is 37.5. The number of rotatable bonds is 5. The lowest BCUT2D eigenvalue weighted by Gasteiger charge is -2.11. The van der Waals surface area contributed by atoms with Gasteiger partial charge in [0.1, 0.15) is 0 Å². The summed E-state index contributed by atoms with van der Waals surface area (Å²) in [5, 5.41) is 7.74. The molecule has 3 aromatic heterocycles. The molecule has 0 aliphatic rings. The molecular formula is C54H34N2S. The Kier molecular flexibility index (Phi) is 7.13. The molecule has 266 valence electrons. The lowest BCUT2D eigenvalue weighted by atomic mass is 10.0. The van der Waals surface area contributed by atoms with Crippen LogP contribution < -0.4 is 0 Å². The molecule has 3 heterocycles. The molecule has 9 aromatic carbocycles. The number of hydrogen-bond donors (Lipinski definition) is 0. The van der Waals surface area contributed by atoms with Crippen LogP contribution in [-0.4, -0.2) is 9.13 Å². The molecule has 0 bridgehead atoms. The molecule has 12 rings (SSSR count). The lowest BCUT2D eigenvalue weighted by molar-refractivity contribution is 1.17. The number of benzene rings is 9. The van der Waals surface area contributed by atoms with Crippen LogP contribution >= 0.6 is 11.3 Å². The van der Waals surface area contributed by atoms with Crippen LogP contribution in [0, 0.1) is 0 Å². The number of para-hydroxylation sites is 2. The SMILES string of the molecule is c1ccc(-c2ccc(-c3ccc(-n4c5ccccc5c5c6c7ccccc7n(-c7ccc(-c8cccc9c8sc8ccccc89)cc7)c6ccc54)cc3)cc2)cc1. The summed E-state index contributed by atoms with van der Waals surface area (Å²) in [5.74, 6) is 0. The van der Waals surface area contributed by atoms with Crippen LogP contribution in [0.25, 0.3) is 109 Å². The molecular weight excluding hydrogens is 709 g/mol. The molecule has 2 nitrogen and oxygen atoms in total. The third-order valence-electron chi connectivity index (χ3n) is 11.8. The van der Waals surface area contributed by atoms with Crippen molar-refractivity contribution in [1.82, 2.24) is 9.13 Å². The summed E-state index contributed by atoms with van der Waals surface area (Å²) in [6.45, 7) is 0. The number of hydrogen-bond acceptors (Lipinski definition) is 1. The van der Waals surface area contributed by atoms with Crippen molar-refractivity contribution in [3.8, 4) is 44.8 Å². The minimum absolute atomic E-state index is 1.15. The molecule has 57 heavy (non-hydrogen) atoms. The van der Waals surface area contributed by atoms with Crippen molar-refractivity contribution in [3.63, 3.8) is 0 Å². The van der Waals surface area contributed by atoms with Crippen molar-refractivity contribution >= 4 is 75.1 Å². The van der Waals surface area contributed by atoms with Gasteiger partial charge in [0.2, 0.25) is 0 Å². The average Bonchev–Trinajstić information content (AvgIpc) is 3.95. The zero-order valence-corrected chi connectivity index (χ0v) is 31.7. The van der Waals surface area contributed by atoms with Gasteiger partial charge < -0.3 is 9.13 Å². The van der Waals surface area contributed by atoms with Crippen molar-refractivity contribution in [2.75, 3.05) is 0 Å². The predicted octanol–water partition coefficient (Wildman–Crippen LogP) is 15.2. The van der Waals surface area contributed by atoms with Gasteiger partial charge in [0, 0.05) is 53.1 Å². The predicted molar refractivity (Wildman–Crippen MR) is 244 cm³/mol. The Labute approximate surface area is 333 Å². The first kappa shape index (κ1) is 32.1. The van der Waals surface area contributed by atoms with E-state index in [4.69, 9.17) is 0 Å². The van der Waals surface area contributed by atoms with Gasteiger partial charge in [-0.25, -0.2) is 0 Å². The third kappa shape index (κ3) is 4.96. The first-order valence-corrected chi connectivity index (χ1v) is 20.3. The fourth-order valence-electron chi connectivity index (χ4n) is 9.13. The highest BCUT2D eigenvalue weighted by atomic mass is 32.1. The highest BCUT2D eigenvalue weighted by Gasteiger charge is 2.21. The van der Waals surface area contributed by atoms with Crippen molar-refractivity contribution in [1.29, 1.82) is 0 Å². The summed E-state index contributed by atoms with van der Waals surface area (Å²) in [7, 11) is 0. The van der Waals surface area contributed by atoms with Gasteiger partial charge in [-0.3, -0.25) is 0 Å². The second-order valence-electron chi connectivity index (χ2n) is 14.9. The van der Waals surface area contributed by atoms with Gasteiger partial charge in [0.25, 0.3) is 0 Å². The van der Waals surface area contributed by atoms with E-state index in [2.05, 4.69) is 215 Å². The summed E-state index contributed by atoms with van der Waals surface area (Å²) in [6.07, 6.45) is 0. The quantitative estimate of drug-likeness (QED) is 0.166. The molecule has 0 aliphatic heterocycles. The van der Waals surface area contributed by atoms with E-state index in [1.165, 1.54) is 97.2 Å². The van der Waals surface area contributed by atoms with E-state index in [9.17, 15) is 0 Å². The van der Waals surface area contributed by atoms with Crippen molar-refractivity contribution in [2.45, 2.75) is 0 Å². The Hall–Kier alpha value is -7.20. The standard InChI is InChI=1S/C54H34N2S/c1-2-11-35(12-3-1)36-21-23-37(24-22-36)38-25-29-40(30-26-38)55-47-18-7-4-14-45(47)52-49(55)33-34-50-53(52)46-15-5-8-19-48(46)56(50)41-31-27-39(28-32-41)42-16-10-17-44-43-13-6-9-20-51(43)57-54(42)44/h1-34H. The van der Waals surface area contributed by atoms with E-state index < -0.39 is 0 Å². The number of aromatic nitrogens is 2. The van der Waals surface area contributed by atoms with E-state index >= 15 is 0 Å². The minimum atomic E-state index is 1.15. The highest BCUT2D eigenvalue weighted by molar-refractivity contribution is 7.26. The summed E-state index contributed by atoms with van der Waals surface area (Å²) >= 11 is 1.88. The van der Waals surface area contributed by atoms with Crippen LogP contribution in [0.4, 0.5) is 0 Å². The van der Waals surface area contributed by atoms with Crippen LogP contribution in [-0.2, 0) is 0 Å². The molecule has 0 atom stereocenters. The van der Waals surface area contributed by atoms with Gasteiger partial charge in [-0.2, -0.15) is 0 Å².